The number of nitrogens with one attached hydrogen (secondary N) is 1. The first-order valence-electron chi connectivity index (χ1n) is 6.54. The van der Waals surface area contributed by atoms with Gasteiger partial charge >= 0.3 is 0 Å². The maximum absolute atomic E-state index is 11.8. The Morgan fingerprint density at radius 2 is 2.12 bits per heavy atom. The standard InChI is InChI=1S/C12H22N2O3/c15-11-3-1-2-10(11)13-5-4-12(16)14-6-8-17-9-7-14/h10-11,13,15H,1-9H2. The molecule has 0 aromatic carbocycles. The Kier molecular flexibility index (Phi) is 4.76. The summed E-state index contributed by atoms with van der Waals surface area (Å²) in [5.74, 6) is 0.188. The lowest BCUT2D eigenvalue weighted by Gasteiger charge is -2.27. The van der Waals surface area contributed by atoms with E-state index in [2.05, 4.69) is 5.32 Å². The van der Waals surface area contributed by atoms with Gasteiger partial charge in [0.1, 0.15) is 0 Å². The fraction of sp³-hybridized carbons (Fsp3) is 0.917. The molecule has 5 nitrogen and oxygen atoms in total. The SMILES string of the molecule is O=C(CCNC1CCCC1O)N1CCOCC1. The molecular weight excluding hydrogens is 220 g/mol. The van der Waals surface area contributed by atoms with Crippen LogP contribution >= 0.6 is 0 Å². The van der Waals surface area contributed by atoms with Crippen molar-refractivity contribution in [2.45, 2.75) is 37.8 Å². The summed E-state index contributed by atoms with van der Waals surface area (Å²) >= 11 is 0. The predicted octanol–water partition coefficient (Wildman–Crippen LogP) is -0.262. The number of hydrogen-bond acceptors (Lipinski definition) is 4. The molecule has 0 aromatic heterocycles. The highest BCUT2D eigenvalue weighted by Crippen LogP contribution is 2.18. The molecule has 1 aliphatic heterocycles. The van der Waals surface area contributed by atoms with Crippen molar-refractivity contribution in [3.8, 4) is 0 Å². The normalized spacial score (nSPS) is 29.6. The highest BCUT2D eigenvalue weighted by atomic mass is 16.5. The van der Waals surface area contributed by atoms with Gasteiger partial charge in [0.25, 0.3) is 0 Å². The van der Waals surface area contributed by atoms with Crippen LogP contribution in [0.5, 0.6) is 0 Å². The minimum Gasteiger partial charge on any atom is -0.392 e. The molecule has 1 aliphatic carbocycles. The number of carbonyl (C=O) groups is 1. The zero-order valence-electron chi connectivity index (χ0n) is 10.2. The van der Waals surface area contributed by atoms with E-state index < -0.39 is 0 Å². The molecule has 2 unspecified atom stereocenters. The first-order valence-corrected chi connectivity index (χ1v) is 6.54. The number of nitrogens with zero attached hydrogens (tertiary/aromatic N) is 1. The average Bonchev–Trinajstić information content (AvgIpc) is 2.76. The van der Waals surface area contributed by atoms with Crippen molar-refractivity contribution >= 4 is 5.91 Å². The Hall–Kier alpha value is -0.650. The van der Waals surface area contributed by atoms with E-state index in [9.17, 15) is 9.90 Å². The van der Waals surface area contributed by atoms with Crippen molar-refractivity contribution in [1.82, 2.24) is 10.2 Å². The van der Waals surface area contributed by atoms with Crippen LogP contribution in [-0.4, -0.2) is 60.9 Å². The summed E-state index contributed by atoms with van der Waals surface area (Å²) in [6.07, 6.45) is 3.27. The number of aliphatic hydroxyl groups is 1. The summed E-state index contributed by atoms with van der Waals surface area (Å²) in [5, 5.41) is 12.9. The summed E-state index contributed by atoms with van der Waals surface area (Å²) in [6.45, 7) is 3.40. The van der Waals surface area contributed by atoms with Crippen LogP contribution in [0.15, 0.2) is 0 Å². The quantitative estimate of drug-likeness (QED) is 0.713. The Morgan fingerprint density at radius 1 is 1.35 bits per heavy atom. The van der Waals surface area contributed by atoms with Gasteiger partial charge in [-0.1, -0.05) is 0 Å². The van der Waals surface area contributed by atoms with Crippen molar-refractivity contribution < 1.29 is 14.6 Å². The van der Waals surface area contributed by atoms with Crippen LogP contribution in [0.3, 0.4) is 0 Å². The number of ether oxygens (including phenoxy) is 1. The second-order valence-corrected chi connectivity index (χ2v) is 4.80. The van der Waals surface area contributed by atoms with Crippen LogP contribution in [-0.2, 0) is 9.53 Å². The zero-order valence-corrected chi connectivity index (χ0v) is 10.2. The topological polar surface area (TPSA) is 61.8 Å². The molecule has 0 spiro atoms. The number of hydrogen-bond donors (Lipinski definition) is 2. The summed E-state index contributed by atoms with van der Waals surface area (Å²) in [4.78, 5) is 13.7. The van der Waals surface area contributed by atoms with Crippen molar-refractivity contribution in [2.75, 3.05) is 32.8 Å². The molecule has 2 fully saturated rings. The van der Waals surface area contributed by atoms with Gasteiger partial charge in [-0.05, 0) is 19.3 Å². The molecule has 1 saturated carbocycles. The Balaban J connectivity index is 1.62. The Labute approximate surface area is 102 Å². The Bertz CT molecular complexity index is 254. The number of rotatable bonds is 4. The van der Waals surface area contributed by atoms with Gasteiger partial charge in [-0.3, -0.25) is 4.79 Å². The van der Waals surface area contributed by atoms with Crippen molar-refractivity contribution in [2.24, 2.45) is 0 Å². The highest BCUT2D eigenvalue weighted by molar-refractivity contribution is 5.76. The minimum absolute atomic E-state index is 0.187. The number of morpholine rings is 1. The molecule has 1 heterocycles. The summed E-state index contributed by atoms with van der Waals surface area (Å²) in [5.41, 5.74) is 0. The summed E-state index contributed by atoms with van der Waals surface area (Å²) in [7, 11) is 0. The third kappa shape index (κ3) is 3.66. The molecule has 98 valence electrons. The molecule has 2 rings (SSSR count). The second-order valence-electron chi connectivity index (χ2n) is 4.80. The molecule has 0 radical (unpaired) electrons. The molecular formula is C12H22N2O3. The molecule has 1 amide bonds. The Morgan fingerprint density at radius 3 is 2.76 bits per heavy atom. The molecule has 5 heteroatoms. The molecule has 2 aliphatic rings. The van der Waals surface area contributed by atoms with E-state index >= 15 is 0 Å². The molecule has 2 N–H and O–H groups in total. The molecule has 17 heavy (non-hydrogen) atoms. The van der Waals surface area contributed by atoms with E-state index in [4.69, 9.17) is 4.74 Å². The monoisotopic (exact) mass is 242 g/mol. The fourth-order valence-corrected chi connectivity index (χ4v) is 2.51. The van der Waals surface area contributed by atoms with Crippen LogP contribution in [0.2, 0.25) is 0 Å². The minimum atomic E-state index is -0.228. The smallest absolute Gasteiger partial charge is 0.224 e. The molecule has 0 bridgehead atoms. The fourth-order valence-electron chi connectivity index (χ4n) is 2.51. The van der Waals surface area contributed by atoms with Crippen molar-refractivity contribution in [3.63, 3.8) is 0 Å². The molecule has 0 aromatic rings. The molecule has 2 atom stereocenters. The predicted molar refractivity (Wildman–Crippen MR) is 63.7 cm³/mol. The van der Waals surface area contributed by atoms with E-state index in [1.54, 1.807) is 0 Å². The second kappa shape index (κ2) is 6.33. The molecule has 1 saturated heterocycles. The lowest BCUT2D eigenvalue weighted by molar-refractivity contribution is -0.135. The van der Waals surface area contributed by atoms with E-state index in [-0.39, 0.29) is 18.1 Å². The number of carbonyl (C=O) groups excluding carboxylic acids is 1. The van der Waals surface area contributed by atoms with Crippen LogP contribution in [0.4, 0.5) is 0 Å². The zero-order chi connectivity index (χ0) is 12.1. The van der Waals surface area contributed by atoms with Crippen molar-refractivity contribution in [3.05, 3.63) is 0 Å². The van der Waals surface area contributed by atoms with Crippen LogP contribution in [0.1, 0.15) is 25.7 Å². The first-order chi connectivity index (χ1) is 8.27. The maximum Gasteiger partial charge on any atom is 0.224 e. The van der Waals surface area contributed by atoms with Gasteiger partial charge < -0.3 is 20.1 Å². The largest absolute Gasteiger partial charge is 0.392 e. The first kappa shape index (κ1) is 12.8. The van der Waals surface area contributed by atoms with Crippen LogP contribution < -0.4 is 5.32 Å². The van der Waals surface area contributed by atoms with Gasteiger partial charge in [0, 0.05) is 32.1 Å². The lowest BCUT2D eigenvalue weighted by Crippen LogP contribution is -2.43. The van der Waals surface area contributed by atoms with Gasteiger partial charge in [0.2, 0.25) is 5.91 Å². The third-order valence-corrected chi connectivity index (χ3v) is 3.59. The summed E-state index contributed by atoms with van der Waals surface area (Å²) in [6, 6.07) is 0.187. The van der Waals surface area contributed by atoms with Gasteiger partial charge in [0.15, 0.2) is 0 Å². The maximum atomic E-state index is 11.8. The van der Waals surface area contributed by atoms with E-state index in [1.807, 2.05) is 4.90 Å². The summed E-state index contributed by atoms with van der Waals surface area (Å²) < 4.78 is 5.21. The van der Waals surface area contributed by atoms with E-state index in [1.165, 1.54) is 0 Å². The van der Waals surface area contributed by atoms with E-state index in [0.29, 0.717) is 39.3 Å². The van der Waals surface area contributed by atoms with Gasteiger partial charge in [-0.15, -0.1) is 0 Å². The van der Waals surface area contributed by atoms with Crippen LogP contribution in [0.25, 0.3) is 0 Å². The van der Waals surface area contributed by atoms with Crippen LogP contribution in [0, 0.1) is 0 Å². The van der Waals surface area contributed by atoms with Gasteiger partial charge in [-0.2, -0.15) is 0 Å². The number of amides is 1. The lowest BCUT2D eigenvalue weighted by atomic mass is 10.2. The highest BCUT2D eigenvalue weighted by Gasteiger charge is 2.24. The van der Waals surface area contributed by atoms with Crippen molar-refractivity contribution in [1.29, 1.82) is 0 Å². The number of aliphatic hydroxyl groups excluding tert-OH is 1. The van der Waals surface area contributed by atoms with E-state index in [0.717, 1.165) is 19.3 Å². The average molecular weight is 242 g/mol. The van der Waals surface area contributed by atoms with Gasteiger partial charge in [-0.25, -0.2) is 0 Å². The third-order valence-electron chi connectivity index (χ3n) is 3.59. The van der Waals surface area contributed by atoms with Gasteiger partial charge in [0.05, 0.1) is 19.3 Å².